The number of anilines is 1. The summed E-state index contributed by atoms with van der Waals surface area (Å²) in [6, 6.07) is 9.65. The highest BCUT2D eigenvalue weighted by molar-refractivity contribution is 5.58. The quantitative estimate of drug-likeness (QED) is 0.715. The zero-order valence-corrected chi connectivity index (χ0v) is 14.5. The predicted octanol–water partition coefficient (Wildman–Crippen LogP) is 1.69. The third-order valence-corrected chi connectivity index (χ3v) is 4.42. The average molecular weight is 340 g/mol. The molecule has 1 aliphatic rings. The van der Waals surface area contributed by atoms with Gasteiger partial charge in [0.2, 0.25) is 0 Å². The number of carbonyl (C=O) groups is 1. The highest BCUT2D eigenvalue weighted by Crippen LogP contribution is 2.15. The molecule has 0 radical (unpaired) electrons. The SMILES string of the molecule is Cc1ccc(N2CCN(C(C=O)COCc3ccccn3)CC2)nc1. The molecule has 0 saturated carbocycles. The summed E-state index contributed by atoms with van der Waals surface area (Å²) in [5.41, 5.74) is 2.04. The Bertz CT molecular complexity index is 655. The Morgan fingerprint density at radius 3 is 2.64 bits per heavy atom. The summed E-state index contributed by atoms with van der Waals surface area (Å²) < 4.78 is 5.69. The Balaban J connectivity index is 1.46. The number of pyridine rings is 2. The molecule has 0 aliphatic carbocycles. The van der Waals surface area contributed by atoms with Gasteiger partial charge in [0.05, 0.1) is 24.9 Å². The summed E-state index contributed by atoms with van der Waals surface area (Å²) in [5.74, 6) is 0.999. The molecule has 1 fully saturated rings. The zero-order chi connectivity index (χ0) is 17.5. The molecule has 6 heteroatoms. The number of hydrogen-bond acceptors (Lipinski definition) is 6. The number of ether oxygens (including phenoxy) is 1. The molecule has 0 bridgehead atoms. The fraction of sp³-hybridized carbons (Fsp3) is 0.421. The molecule has 0 N–H and O–H groups in total. The van der Waals surface area contributed by atoms with Gasteiger partial charge in [-0.1, -0.05) is 12.1 Å². The fourth-order valence-electron chi connectivity index (χ4n) is 2.93. The molecular formula is C19H24N4O2. The maximum Gasteiger partial charge on any atom is 0.139 e. The number of aryl methyl sites for hydroxylation is 1. The van der Waals surface area contributed by atoms with Gasteiger partial charge in [0, 0.05) is 38.6 Å². The molecule has 132 valence electrons. The molecule has 1 aliphatic heterocycles. The van der Waals surface area contributed by atoms with E-state index in [0.29, 0.717) is 13.2 Å². The summed E-state index contributed by atoms with van der Waals surface area (Å²) in [6.45, 7) is 6.23. The Hall–Kier alpha value is -2.31. The van der Waals surface area contributed by atoms with Crippen molar-refractivity contribution < 1.29 is 9.53 Å². The van der Waals surface area contributed by atoms with Crippen LogP contribution in [-0.4, -0.2) is 60.0 Å². The highest BCUT2D eigenvalue weighted by atomic mass is 16.5. The molecule has 6 nitrogen and oxygen atoms in total. The Labute approximate surface area is 148 Å². The predicted molar refractivity (Wildman–Crippen MR) is 96.5 cm³/mol. The largest absolute Gasteiger partial charge is 0.373 e. The van der Waals surface area contributed by atoms with Crippen LogP contribution >= 0.6 is 0 Å². The van der Waals surface area contributed by atoms with Gasteiger partial charge in [-0.3, -0.25) is 9.88 Å². The van der Waals surface area contributed by atoms with E-state index in [4.69, 9.17) is 4.74 Å². The van der Waals surface area contributed by atoms with E-state index in [1.807, 2.05) is 31.3 Å². The number of nitrogens with zero attached hydrogens (tertiary/aromatic N) is 4. The Morgan fingerprint density at radius 1 is 1.16 bits per heavy atom. The number of hydrogen-bond donors (Lipinski definition) is 0. The maximum atomic E-state index is 11.5. The van der Waals surface area contributed by atoms with Crippen molar-refractivity contribution in [1.29, 1.82) is 0 Å². The van der Waals surface area contributed by atoms with Crippen LogP contribution in [0.3, 0.4) is 0 Å². The first-order chi connectivity index (χ1) is 12.3. The molecule has 1 saturated heterocycles. The van der Waals surface area contributed by atoms with E-state index in [1.54, 1.807) is 6.20 Å². The fourth-order valence-corrected chi connectivity index (χ4v) is 2.93. The van der Waals surface area contributed by atoms with Crippen LogP contribution in [0.1, 0.15) is 11.3 Å². The van der Waals surface area contributed by atoms with Gasteiger partial charge < -0.3 is 14.4 Å². The minimum absolute atomic E-state index is 0.211. The lowest BCUT2D eigenvalue weighted by molar-refractivity contribution is -0.115. The summed E-state index contributed by atoms with van der Waals surface area (Å²) in [4.78, 5) is 24.6. The highest BCUT2D eigenvalue weighted by Gasteiger charge is 2.24. The summed E-state index contributed by atoms with van der Waals surface area (Å²) >= 11 is 0. The van der Waals surface area contributed by atoms with Crippen molar-refractivity contribution in [1.82, 2.24) is 14.9 Å². The van der Waals surface area contributed by atoms with E-state index in [9.17, 15) is 4.79 Å². The minimum Gasteiger partial charge on any atom is -0.373 e. The maximum absolute atomic E-state index is 11.5. The van der Waals surface area contributed by atoms with Gasteiger partial charge in [0.1, 0.15) is 12.1 Å². The van der Waals surface area contributed by atoms with Crippen LogP contribution < -0.4 is 4.90 Å². The van der Waals surface area contributed by atoms with Crippen LogP contribution in [0, 0.1) is 6.92 Å². The second-order valence-corrected chi connectivity index (χ2v) is 6.26. The van der Waals surface area contributed by atoms with E-state index in [2.05, 4.69) is 31.9 Å². The standard InChI is InChI=1S/C19H24N4O2/c1-16-5-6-19(21-12-16)23-10-8-22(9-11-23)18(13-24)15-25-14-17-4-2-3-7-20-17/h2-7,12-13,18H,8-11,14-15H2,1H3. The average Bonchev–Trinajstić information content (AvgIpc) is 2.67. The molecule has 1 atom stereocenters. The van der Waals surface area contributed by atoms with E-state index in [0.717, 1.165) is 49.5 Å². The van der Waals surface area contributed by atoms with Gasteiger partial charge in [-0.15, -0.1) is 0 Å². The Morgan fingerprint density at radius 2 is 2.00 bits per heavy atom. The number of aromatic nitrogens is 2. The lowest BCUT2D eigenvalue weighted by atomic mass is 10.2. The van der Waals surface area contributed by atoms with Gasteiger partial charge in [0.15, 0.2) is 0 Å². The first kappa shape index (κ1) is 17.5. The number of aldehydes is 1. The third kappa shape index (κ3) is 4.84. The van der Waals surface area contributed by atoms with Gasteiger partial charge in [-0.05, 0) is 30.7 Å². The Kier molecular flexibility index (Phi) is 6.09. The molecule has 25 heavy (non-hydrogen) atoms. The number of rotatable bonds is 7. The number of carbonyl (C=O) groups excluding carboxylic acids is 1. The van der Waals surface area contributed by atoms with Crippen LogP contribution in [0.15, 0.2) is 42.7 Å². The number of piperazine rings is 1. The van der Waals surface area contributed by atoms with Crippen molar-refractivity contribution in [3.8, 4) is 0 Å². The molecule has 0 amide bonds. The first-order valence-corrected chi connectivity index (χ1v) is 8.61. The molecule has 1 unspecified atom stereocenters. The van der Waals surface area contributed by atoms with Crippen molar-refractivity contribution in [3.05, 3.63) is 54.0 Å². The van der Waals surface area contributed by atoms with Crippen LogP contribution in [-0.2, 0) is 16.1 Å². The minimum atomic E-state index is -0.211. The summed E-state index contributed by atoms with van der Waals surface area (Å²) in [5, 5.41) is 0. The van der Waals surface area contributed by atoms with Gasteiger partial charge in [0.25, 0.3) is 0 Å². The van der Waals surface area contributed by atoms with Crippen LogP contribution in [0.5, 0.6) is 0 Å². The lowest BCUT2D eigenvalue weighted by Crippen LogP contribution is -2.52. The molecule has 2 aromatic heterocycles. The van der Waals surface area contributed by atoms with Crippen LogP contribution in [0.25, 0.3) is 0 Å². The zero-order valence-electron chi connectivity index (χ0n) is 14.5. The van der Waals surface area contributed by atoms with Gasteiger partial charge in [-0.2, -0.15) is 0 Å². The smallest absolute Gasteiger partial charge is 0.139 e. The lowest BCUT2D eigenvalue weighted by Gasteiger charge is -2.37. The molecule has 3 heterocycles. The monoisotopic (exact) mass is 340 g/mol. The second-order valence-electron chi connectivity index (χ2n) is 6.26. The second kappa shape index (κ2) is 8.69. The van der Waals surface area contributed by atoms with Crippen LogP contribution in [0.4, 0.5) is 5.82 Å². The van der Waals surface area contributed by atoms with Crippen molar-refractivity contribution >= 4 is 12.1 Å². The molecule has 0 spiro atoms. The third-order valence-electron chi connectivity index (χ3n) is 4.42. The van der Waals surface area contributed by atoms with Gasteiger partial charge >= 0.3 is 0 Å². The molecule has 2 aromatic rings. The topological polar surface area (TPSA) is 58.6 Å². The summed E-state index contributed by atoms with van der Waals surface area (Å²) in [6.07, 6.45) is 4.62. The van der Waals surface area contributed by atoms with E-state index in [1.165, 1.54) is 0 Å². The van der Waals surface area contributed by atoms with E-state index < -0.39 is 0 Å². The van der Waals surface area contributed by atoms with Crippen molar-refractivity contribution in [2.75, 3.05) is 37.7 Å². The van der Waals surface area contributed by atoms with Crippen molar-refractivity contribution in [3.63, 3.8) is 0 Å². The summed E-state index contributed by atoms with van der Waals surface area (Å²) in [7, 11) is 0. The van der Waals surface area contributed by atoms with E-state index in [-0.39, 0.29) is 6.04 Å². The van der Waals surface area contributed by atoms with Gasteiger partial charge in [-0.25, -0.2) is 4.98 Å². The molecule has 0 aromatic carbocycles. The van der Waals surface area contributed by atoms with Crippen molar-refractivity contribution in [2.45, 2.75) is 19.6 Å². The molecular weight excluding hydrogens is 316 g/mol. The molecule has 3 rings (SSSR count). The normalized spacial score (nSPS) is 16.6. The van der Waals surface area contributed by atoms with Crippen LogP contribution in [0.2, 0.25) is 0 Å². The van der Waals surface area contributed by atoms with E-state index >= 15 is 0 Å². The van der Waals surface area contributed by atoms with Crippen molar-refractivity contribution in [2.24, 2.45) is 0 Å². The first-order valence-electron chi connectivity index (χ1n) is 8.61.